The number of imidazole rings is 1. The second-order valence-corrected chi connectivity index (χ2v) is 5.88. The lowest BCUT2D eigenvalue weighted by atomic mass is 9.97. The lowest BCUT2D eigenvalue weighted by molar-refractivity contribution is 0.581. The van der Waals surface area contributed by atoms with Crippen LogP contribution in [0.3, 0.4) is 0 Å². The van der Waals surface area contributed by atoms with E-state index in [-0.39, 0.29) is 11.6 Å². The van der Waals surface area contributed by atoms with Crippen molar-refractivity contribution in [1.29, 1.82) is 0 Å². The fraction of sp³-hybridized carbons (Fsp3) is 0.100. The Morgan fingerprint density at radius 3 is 2.71 bits per heavy atom. The van der Waals surface area contributed by atoms with Crippen LogP contribution in [0.1, 0.15) is 17.2 Å². The van der Waals surface area contributed by atoms with E-state index in [9.17, 15) is 4.79 Å². The summed E-state index contributed by atoms with van der Waals surface area (Å²) in [7, 11) is 0. The molecule has 24 heavy (non-hydrogen) atoms. The summed E-state index contributed by atoms with van der Waals surface area (Å²) >= 11 is 0. The molecule has 0 aliphatic carbocycles. The summed E-state index contributed by atoms with van der Waals surface area (Å²) in [5, 5.41) is 1.03. The molecule has 1 unspecified atom stereocenters. The quantitative estimate of drug-likeness (QED) is 0.626. The molecule has 0 saturated carbocycles. The molecule has 1 atom stereocenters. The van der Waals surface area contributed by atoms with Gasteiger partial charge in [0.2, 0.25) is 5.56 Å². The number of hydrogen-bond acceptors (Lipinski definition) is 2. The third-order valence-corrected chi connectivity index (χ3v) is 4.29. The van der Waals surface area contributed by atoms with Gasteiger partial charge in [-0.05, 0) is 41.1 Å². The number of benzene rings is 2. The van der Waals surface area contributed by atoms with Crippen molar-refractivity contribution in [3.05, 3.63) is 101 Å². The van der Waals surface area contributed by atoms with Crippen molar-refractivity contribution in [3.63, 3.8) is 0 Å². The summed E-state index contributed by atoms with van der Waals surface area (Å²) in [6.07, 6.45) is 6.53. The summed E-state index contributed by atoms with van der Waals surface area (Å²) in [5.41, 5.74) is 3.25. The Balaban J connectivity index is 1.78. The predicted octanol–water partition coefficient (Wildman–Crippen LogP) is 3.56. The van der Waals surface area contributed by atoms with E-state index in [1.54, 1.807) is 12.3 Å². The van der Waals surface area contributed by atoms with E-state index in [1.165, 1.54) is 11.1 Å². The molecule has 0 saturated heterocycles. The first kappa shape index (κ1) is 14.5. The minimum atomic E-state index is -0.0781. The summed E-state index contributed by atoms with van der Waals surface area (Å²) < 4.78 is 2.12. The highest BCUT2D eigenvalue weighted by Crippen LogP contribution is 2.25. The van der Waals surface area contributed by atoms with Crippen molar-refractivity contribution < 1.29 is 0 Å². The molecular formula is C20H17N3O. The Hall–Kier alpha value is -3.14. The average molecular weight is 315 g/mol. The van der Waals surface area contributed by atoms with E-state index in [0.717, 1.165) is 17.3 Å². The molecule has 0 aliphatic heterocycles. The van der Waals surface area contributed by atoms with Crippen molar-refractivity contribution in [2.45, 2.75) is 12.5 Å². The van der Waals surface area contributed by atoms with Crippen molar-refractivity contribution in [1.82, 2.24) is 14.5 Å². The molecule has 4 rings (SSSR count). The Morgan fingerprint density at radius 1 is 1.04 bits per heavy atom. The van der Waals surface area contributed by atoms with Gasteiger partial charge < -0.3 is 9.55 Å². The highest BCUT2D eigenvalue weighted by Gasteiger charge is 2.14. The predicted molar refractivity (Wildman–Crippen MR) is 95.1 cm³/mol. The van der Waals surface area contributed by atoms with Gasteiger partial charge >= 0.3 is 0 Å². The second-order valence-electron chi connectivity index (χ2n) is 5.88. The van der Waals surface area contributed by atoms with Gasteiger partial charge in [-0.25, -0.2) is 4.98 Å². The molecule has 4 aromatic rings. The molecule has 4 nitrogen and oxygen atoms in total. The van der Waals surface area contributed by atoms with E-state index in [2.05, 4.69) is 50.9 Å². The Bertz CT molecular complexity index is 1000. The molecule has 0 spiro atoms. The van der Waals surface area contributed by atoms with Crippen LogP contribution in [0.25, 0.3) is 10.9 Å². The standard InChI is InChI=1S/C20H17N3O/c24-20-9-7-16-13-17(6-8-18(16)22-20)19(23-11-10-21-14-23)12-15-4-2-1-3-5-15/h1-11,13-14,19H,12H2,(H,22,24). The maximum Gasteiger partial charge on any atom is 0.248 e. The number of nitrogens with one attached hydrogen (secondary N) is 1. The van der Waals surface area contributed by atoms with Gasteiger partial charge in [-0.1, -0.05) is 36.4 Å². The van der Waals surface area contributed by atoms with Gasteiger partial charge in [0.25, 0.3) is 0 Å². The Morgan fingerprint density at radius 2 is 1.92 bits per heavy atom. The zero-order valence-corrected chi connectivity index (χ0v) is 13.1. The fourth-order valence-electron chi connectivity index (χ4n) is 3.07. The molecule has 2 heterocycles. The van der Waals surface area contributed by atoms with Crippen LogP contribution in [0.2, 0.25) is 0 Å². The molecule has 0 fully saturated rings. The van der Waals surface area contributed by atoms with Crippen LogP contribution in [0.15, 0.2) is 84.2 Å². The van der Waals surface area contributed by atoms with Gasteiger partial charge in [-0.2, -0.15) is 0 Å². The molecule has 0 bridgehead atoms. The smallest absolute Gasteiger partial charge is 0.248 e. The monoisotopic (exact) mass is 315 g/mol. The molecular weight excluding hydrogens is 298 g/mol. The lowest BCUT2D eigenvalue weighted by Gasteiger charge is -2.20. The van der Waals surface area contributed by atoms with Crippen molar-refractivity contribution in [3.8, 4) is 0 Å². The zero-order chi connectivity index (χ0) is 16.4. The normalized spacial score (nSPS) is 12.3. The summed E-state index contributed by atoms with van der Waals surface area (Å²) in [4.78, 5) is 18.5. The lowest BCUT2D eigenvalue weighted by Crippen LogP contribution is -2.12. The third kappa shape index (κ3) is 2.86. The number of fused-ring (bicyclic) bond motifs is 1. The van der Waals surface area contributed by atoms with Gasteiger partial charge in [0, 0.05) is 24.0 Å². The molecule has 2 aromatic heterocycles. The van der Waals surface area contributed by atoms with Crippen LogP contribution in [0.4, 0.5) is 0 Å². The maximum atomic E-state index is 11.5. The number of pyridine rings is 1. The van der Waals surface area contributed by atoms with Crippen molar-refractivity contribution in [2.75, 3.05) is 0 Å². The summed E-state index contributed by atoms with van der Waals surface area (Å²) in [6.45, 7) is 0. The van der Waals surface area contributed by atoms with Gasteiger partial charge in [0.1, 0.15) is 0 Å². The van der Waals surface area contributed by atoms with Gasteiger partial charge in [-0.3, -0.25) is 4.79 Å². The molecule has 0 aliphatic rings. The van der Waals surface area contributed by atoms with E-state index in [1.807, 2.05) is 30.7 Å². The van der Waals surface area contributed by atoms with E-state index >= 15 is 0 Å². The number of hydrogen-bond donors (Lipinski definition) is 1. The van der Waals surface area contributed by atoms with E-state index < -0.39 is 0 Å². The Labute approximate surface area is 139 Å². The van der Waals surface area contributed by atoms with Gasteiger partial charge in [0.15, 0.2) is 0 Å². The van der Waals surface area contributed by atoms with Crippen molar-refractivity contribution >= 4 is 10.9 Å². The van der Waals surface area contributed by atoms with Crippen LogP contribution in [0.5, 0.6) is 0 Å². The first-order valence-electron chi connectivity index (χ1n) is 7.94. The number of aromatic nitrogens is 3. The first-order chi connectivity index (χ1) is 11.8. The number of aromatic amines is 1. The molecule has 0 radical (unpaired) electrons. The van der Waals surface area contributed by atoms with E-state index in [4.69, 9.17) is 0 Å². The minimum absolute atomic E-state index is 0.0781. The van der Waals surface area contributed by atoms with Crippen LogP contribution in [-0.2, 0) is 6.42 Å². The van der Waals surface area contributed by atoms with Gasteiger partial charge in [-0.15, -0.1) is 0 Å². The summed E-state index contributed by atoms with van der Waals surface area (Å²) in [6, 6.07) is 20.2. The SMILES string of the molecule is O=c1ccc2cc(C(Cc3ccccc3)n3ccnc3)ccc2[nH]1. The van der Waals surface area contributed by atoms with Crippen LogP contribution in [-0.4, -0.2) is 14.5 Å². The minimum Gasteiger partial charge on any atom is -0.330 e. The van der Waals surface area contributed by atoms with E-state index in [0.29, 0.717) is 0 Å². The highest BCUT2D eigenvalue weighted by molar-refractivity contribution is 5.79. The highest BCUT2D eigenvalue weighted by atomic mass is 16.1. The molecule has 4 heteroatoms. The molecule has 0 amide bonds. The number of nitrogens with zero attached hydrogens (tertiary/aromatic N) is 2. The zero-order valence-electron chi connectivity index (χ0n) is 13.1. The fourth-order valence-corrected chi connectivity index (χ4v) is 3.07. The maximum absolute atomic E-state index is 11.5. The number of rotatable bonds is 4. The molecule has 118 valence electrons. The number of H-pyrrole nitrogens is 1. The molecule has 1 N–H and O–H groups in total. The second kappa shape index (κ2) is 6.16. The average Bonchev–Trinajstić information content (AvgIpc) is 3.14. The topological polar surface area (TPSA) is 50.7 Å². The molecule has 2 aromatic carbocycles. The van der Waals surface area contributed by atoms with Gasteiger partial charge in [0.05, 0.1) is 12.4 Å². The van der Waals surface area contributed by atoms with Crippen LogP contribution in [0, 0.1) is 0 Å². The van der Waals surface area contributed by atoms with Crippen LogP contribution >= 0.6 is 0 Å². The van der Waals surface area contributed by atoms with Crippen molar-refractivity contribution in [2.24, 2.45) is 0 Å². The third-order valence-electron chi connectivity index (χ3n) is 4.29. The largest absolute Gasteiger partial charge is 0.330 e. The summed E-state index contributed by atoms with van der Waals surface area (Å²) in [5.74, 6) is 0. The van der Waals surface area contributed by atoms with Crippen LogP contribution < -0.4 is 5.56 Å². The Kier molecular flexibility index (Phi) is 3.71. The first-order valence-corrected chi connectivity index (χ1v) is 7.94.